The number of pyridine rings is 1. The van der Waals surface area contributed by atoms with Gasteiger partial charge >= 0.3 is 5.97 Å². The number of carbonyl (C=O) groups is 1. The summed E-state index contributed by atoms with van der Waals surface area (Å²) in [6.45, 7) is 4.63. The first kappa shape index (κ1) is 17.7. The number of hydrogen-bond acceptors (Lipinski definition) is 6. The van der Waals surface area contributed by atoms with Crippen molar-refractivity contribution in [2.24, 2.45) is 0 Å². The Balaban J connectivity index is 1.51. The minimum atomic E-state index is -0.525. The molecule has 0 spiro atoms. The van der Waals surface area contributed by atoms with Crippen molar-refractivity contribution < 1.29 is 14.1 Å². The summed E-state index contributed by atoms with van der Waals surface area (Å²) < 4.78 is 9.88. The third kappa shape index (κ3) is 3.71. The average Bonchev–Trinajstić information content (AvgIpc) is 3.34. The number of aromatic nitrogens is 2. The van der Waals surface area contributed by atoms with Crippen molar-refractivity contribution in [1.29, 1.82) is 0 Å². The molecule has 0 amide bonds. The monoisotopic (exact) mass is 365 g/mol. The lowest BCUT2D eigenvalue weighted by atomic mass is 10.1. The Morgan fingerprint density at radius 2 is 2.19 bits per heavy atom. The number of fused-ring (bicyclic) bond motifs is 1. The van der Waals surface area contributed by atoms with Gasteiger partial charge in [0.15, 0.2) is 11.5 Å². The lowest BCUT2D eigenvalue weighted by molar-refractivity contribution is 0.0589. The van der Waals surface area contributed by atoms with Crippen molar-refractivity contribution in [3.05, 3.63) is 47.7 Å². The summed E-state index contributed by atoms with van der Waals surface area (Å²) in [7, 11) is 1.31. The van der Waals surface area contributed by atoms with Crippen LogP contribution < -0.4 is 0 Å². The molecule has 1 aliphatic rings. The third-order valence-electron chi connectivity index (χ3n) is 5.29. The lowest BCUT2D eigenvalue weighted by Crippen LogP contribution is -2.28. The molecule has 1 aliphatic heterocycles. The van der Waals surface area contributed by atoms with Crippen molar-refractivity contribution in [1.82, 2.24) is 15.0 Å². The van der Waals surface area contributed by atoms with E-state index in [1.807, 2.05) is 18.2 Å². The maximum absolute atomic E-state index is 11.5. The maximum atomic E-state index is 11.5. The first-order valence-electron chi connectivity index (χ1n) is 9.33. The smallest absolute Gasteiger partial charge is 0.360 e. The van der Waals surface area contributed by atoms with Crippen LogP contribution in [0, 0.1) is 0 Å². The summed E-state index contributed by atoms with van der Waals surface area (Å²) in [5.74, 6) is -0.0767. The topological polar surface area (TPSA) is 68.5 Å². The number of carbonyl (C=O) groups excluding carboxylic acids is 1. The van der Waals surface area contributed by atoms with Gasteiger partial charge in [-0.05, 0) is 56.5 Å². The number of benzene rings is 1. The van der Waals surface area contributed by atoms with Gasteiger partial charge in [-0.25, -0.2) is 9.78 Å². The zero-order valence-electron chi connectivity index (χ0n) is 15.6. The number of methoxy groups -OCH3 is 1. The van der Waals surface area contributed by atoms with Crippen LogP contribution in [0.1, 0.15) is 35.8 Å². The minimum absolute atomic E-state index is 0.140. The molecule has 0 bridgehead atoms. The molecule has 0 saturated carbocycles. The third-order valence-corrected chi connectivity index (χ3v) is 5.29. The molecular weight excluding hydrogens is 342 g/mol. The Labute approximate surface area is 158 Å². The molecule has 4 rings (SSSR count). The minimum Gasteiger partial charge on any atom is -0.464 e. The zero-order valence-corrected chi connectivity index (χ0v) is 15.6. The molecule has 0 aliphatic carbocycles. The van der Waals surface area contributed by atoms with Gasteiger partial charge < -0.3 is 14.2 Å². The van der Waals surface area contributed by atoms with Crippen LogP contribution in [-0.2, 0) is 11.2 Å². The summed E-state index contributed by atoms with van der Waals surface area (Å²) >= 11 is 0. The van der Waals surface area contributed by atoms with Crippen LogP contribution in [-0.4, -0.2) is 47.3 Å². The molecule has 1 atom stereocenters. The number of likely N-dealkylation sites (tertiary alicyclic amines) is 1. The van der Waals surface area contributed by atoms with Crippen LogP contribution >= 0.6 is 0 Å². The molecule has 6 nitrogen and oxygen atoms in total. The predicted octanol–water partition coefficient (Wildman–Crippen LogP) is 3.70. The quantitative estimate of drug-likeness (QED) is 0.642. The average molecular weight is 365 g/mol. The van der Waals surface area contributed by atoms with E-state index in [2.05, 4.69) is 38.8 Å². The SMILES string of the molecule is COC(=O)c1cc(-c2ccc3cc(CCN4CCC[C@H]4C)ccc3n2)on1. The summed E-state index contributed by atoms with van der Waals surface area (Å²) in [4.78, 5) is 18.7. The lowest BCUT2D eigenvalue weighted by Gasteiger charge is -2.20. The number of hydrogen-bond donors (Lipinski definition) is 0. The normalized spacial score (nSPS) is 17.5. The van der Waals surface area contributed by atoms with Crippen molar-refractivity contribution in [3.8, 4) is 11.5 Å². The summed E-state index contributed by atoms with van der Waals surface area (Å²) in [6, 6.07) is 12.5. The van der Waals surface area contributed by atoms with Crippen LogP contribution in [0.5, 0.6) is 0 Å². The maximum Gasteiger partial charge on any atom is 0.360 e. The van der Waals surface area contributed by atoms with Crippen molar-refractivity contribution >= 4 is 16.9 Å². The van der Waals surface area contributed by atoms with E-state index < -0.39 is 5.97 Å². The highest BCUT2D eigenvalue weighted by atomic mass is 16.5. The Kier molecular flexibility index (Phi) is 4.90. The predicted molar refractivity (Wildman–Crippen MR) is 103 cm³/mol. The molecule has 140 valence electrons. The Bertz CT molecular complexity index is 966. The van der Waals surface area contributed by atoms with Gasteiger partial charge in [-0.3, -0.25) is 0 Å². The first-order chi connectivity index (χ1) is 13.1. The van der Waals surface area contributed by atoms with Crippen LogP contribution in [0.2, 0.25) is 0 Å². The van der Waals surface area contributed by atoms with Gasteiger partial charge in [-0.15, -0.1) is 0 Å². The van der Waals surface area contributed by atoms with E-state index in [9.17, 15) is 4.79 Å². The van der Waals surface area contributed by atoms with Crippen LogP contribution in [0.25, 0.3) is 22.4 Å². The molecular formula is C21H23N3O3. The molecule has 2 aromatic heterocycles. The fourth-order valence-electron chi connectivity index (χ4n) is 3.66. The number of rotatable bonds is 5. The van der Waals surface area contributed by atoms with Crippen LogP contribution in [0.15, 0.2) is 40.9 Å². The highest BCUT2D eigenvalue weighted by molar-refractivity contribution is 5.88. The molecule has 1 fully saturated rings. The number of esters is 1. The zero-order chi connectivity index (χ0) is 18.8. The first-order valence-corrected chi connectivity index (χ1v) is 9.33. The van der Waals surface area contributed by atoms with E-state index in [1.165, 1.54) is 32.1 Å². The van der Waals surface area contributed by atoms with E-state index in [0.29, 0.717) is 17.5 Å². The summed E-state index contributed by atoms with van der Waals surface area (Å²) in [6.07, 6.45) is 3.67. The van der Waals surface area contributed by atoms with Gasteiger partial charge in [0, 0.05) is 24.0 Å². The van der Waals surface area contributed by atoms with E-state index in [0.717, 1.165) is 23.9 Å². The van der Waals surface area contributed by atoms with Gasteiger partial charge in [-0.2, -0.15) is 0 Å². The molecule has 3 aromatic rings. The van der Waals surface area contributed by atoms with E-state index in [4.69, 9.17) is 4.52 Å². The van der Waals surface area contributed by atoms with Gasteiger partial charge in [-0.1, -0.05) is 17.3 Å². The fraction of sp³-hybridized carbons (Fsp3) is 0.381. The second-order valence-electron chi connectivity index (χ2n) is 7.07. The molecule has 0 radical (unpaired) electrons. The van der Waals surface area contributed by atoms with E-state index >= 15 is 0 Å². The van der Waals surface area contributed by atoms with Crippen molar-refractivity contribution in [2.75, 3.05) is 20.2 Å². The van der Waals surface area contributed by atoms with Crippen LogP contribution in [0.4, 0.5) is 0 Å². The van der Waals surface area contributed by atoms with Crippen molar-refractivity contribution in [2.45, 2.75) is 32.2 Å². The summed E-state index contributed by atoms with van der Waals surface area (Å²) in [5.41, 5.74) is 3.00. The molecule has 6 heteroatoms. The molecule has 1 aromatic carbocycles. The van der Waals surface area contributed by atoms with Gasteiger partial charge in [0.1, 0.15) is 5.69 Å². The molecule has 1 saturated heterocycles. The van der Waals surface area contributed by atoms with Crippen LogP contribution in [0.3, 0.4) is 0 Å². The molecule has 0 unspecified atom stereocenters. The summed E-state index contributed by atoms with van der Waals surface area (Å²) in [5, 5.41) is 4.83. The Morgan fingerprint density at radius 3 is 2.96 bits per heavy atom. The molecule has 0 N–H and O–H groups in total. The second kappa shape index (κ2) is 7.48. The van der Waals surface area contributed by atoms with E-state index in [1.54, 1.807) is 6.07 Å². The van der Waals surface area contributed by atoms with Gasteiger partial charge in [0.25, 0.3) is 0 Å². The number of ether oxygens (including phenoxy) is 1. The molecule has 27 heavy (non-hydrogen) atoms. The van der Waals surface area contributed by atoms with Gasteiger partial charge in [0.05, 0.1) is 12.6 Å². The Hall–Kier alpha value is -2.73. The van der Waals surface area contributed by atoms with Gasteiger partial charge in [0.2, 0.25) is 0 Å². The van der Waals surface area contributed by atoms with Crippen molar-refractivity contribution in [3.63, 3.8) is 0 Å². The van der Waals surface area contributed by atoms with E-state index in [-0.39, 0.29) is 5.69 Å². The standard InChI is InChI=1S/C21H23N3O3/c1-14-4-3-10-24(14)11-9-15-5-7-17-16(12-15)6-8-18(22-17)20-13-19(23-27-20)21(25)26-2/h5-8,12-14H,3-4,9-11H2,1-2H3/t14-/m1/s1. The Morgan fingerprint density at radius 1 is 1.30 bits per heavy atom. The fourth-order valence-corrected chi connectivity index (χ4v) is 3.66. The highest BCUT2D eigenvalue weighted by Crippen LogP contribution is 2.23. The highest BCUT2D eigenvalue weighted by Gasteiger charge is 2.19. The largest absolute Gasteiger partial charge is 0.464 e. The molecule has 3 heterocycles. The second-order valence-corrected chi connectivity index (χ2v) is 7.07. The number of nitrogens with zero attached hydrogens (tertiary/aromatic N) is 3.